The highest BCUT2D eigenvalue weighted by atomic mass is 16.4. The lowest BCUT2D eigenvalue weighted by molar-refractivity contribution is -0.145. The fourth-order valence-corrected chi connectivity index (χ4v) is 5.82. The van der Waals surface area contributed by atoms with Gasteiger partial charge in [-0.2, -0.15) is 0 Å². The van der Waals surface area contributed by atoms with E-state index in [1.54, 1.807) is 0 Å². The fourth-order valence-electron chi connectivity index (χ4n) is 5.82. The van der Waals surface area contributed by atoms with Gasteiger partial charge in [-0.15, -0.1) is 6.42 Å². The average Bonchev–Trinajstić information content (AvgIpc) is 2.99. The average molecular weight is 447 g/mol. The minimum Gasteiger partial charge on any atom is -0.508 e. The molecule has 7 heteroatoms. The Hall–Kier alpha value is -2.56. The van der Waals surface area contributed by atoms with Crippen LogP contribution in [0.2, 0.25) is 0 Å². The van der Waals surface area contributed by atoms with Gasteiger partial charge in [-0.25, -0.2) is 4.79 Å². The third-order valence-electron chi connectivity index (χ3n) is 7.46. The van der Waals surface area contributed by atoms with Crippen LogP contribution in [0.3, 0.4) is 0 Å². The summed E-state index contributed by atoms with van der Waals surface area (Å²) < 4.78 is 0. The lowest BCUT2D eigenvalue weighted by atomic mass is 9.53. The van der Waals surface area contributed by atoms with Gasteiger partial charge in [-0.05, 0) is 86.5 Å². The highest BCUT2D eigenvalue weighted by molar-refractivity contribution is 5.71. The Kier molecular flexibility index (Phi) is 7.97. The predicted molar refractivity (Wildman–Crippen MR) is 119 cm³/mol. The molecule has 0 aromatic heterocycles. The van der Waals surface area contributed by atoms with Crippen LogP contribution in [0.15, 0.2) is 18.2 Å². The first-order valence-electron chi connectivity index (χ1n) is 11.0. The number of rotatable bonds is 1. The van der Waals surface area contributed by atoms with E-state index in [0.717, 1.165) is 45.4 Å². The van der Waals surface area contributed by atoms with Crippen molar-refractivity contribution in [1.29, 1.82) is 0 Å². The maximum absolute atomic E-state index is 10.9. The third kappa shape index (κ3) is 5.08. The number of aromatic hydroxyl groups is 1. The first-order valence-corrected chi connectivity index (χ1v) is 11.0. The Morgan fingerprint density at radius 1 is 1.19 bits per heavy atom. The highest BCUT2D eigenvalue weighted by Crippen LogP contribution is 2.64. The number of carbonyl (C=O) groups is 2. The molecule has 0 bridgehead atoms. The molecule has 32 heavy (non-hydrogen) atoms. The van der Waals surface area contributed by atoms with Crippen LogP contribution >= 0.6 is 0 Å². The molecular weight excluding hydrogens is 412 g/mol. The Balaban J connectivity index is 0.000000308. The van der Waals surface area contributed by atoms with Crippen LogP contribution < -0.4 is 0 Å². The van der Waals surface area contributed by atoms with Crippen LogP contribution in [0.4, 0.5) is 0 Å². The molecule has 7 nitrogen and oxygen atoms in total. The first-order chi connectivity index (χ1) is 14.9. The van der Waals surface area contributed by atoms with Gasteiger partial charge in [-0.1, -0.05) is 18.9 Å². The SMILES string of the molecule is C#C[C@]1(O)CC[C@H]2[C@@H]3CCc4cc(O)ccc4[C@H]3CC[C@@]21C.CC(=O)O.CC(O)C(=O)O. The predicted octanol–water partition coefficient (Wildman–Crippen LogP) is 3.16. The van der Waals surface area contributed by atoms with Crippen molar-refractivity contribution in [3.63, 3.8) is 0 Å². The van der Waals surface area contributed by atoms with Gasteiger partial charge in [0.2, 0.25) is 0 Å². The summed E-state index contributed by atoms with van der Waals surface area (Å²) in [4.78, 5) is 18.4. The van der Waals surface area contributed by atoms with E-state index >= 15 is 0 Å². The third-order valence-corrected chi connectivity index (χ3v) is 7.46. The maximum atomic E-state index is 10.9. The zero-order chi connectivity index (χ0) is 24.3. The zero-order valence-electron chi connectivity index (χ0n) is 18.9. The van der Waals surface area contributed by atoms with E-state index in [0.29, 0.717) is 23.5 Å². The minimum atomic E-state index is -1.23. The van der Waals surface area contributed by atoms with E-state index in [-0.39, 0.29) is 5.41 Å². The number of carboxylic acid groups (broad SMARTS) is 2. The first kappa shape index (κ1) is 25.7. The highest BCUT2D eigenvalue weighted by Gasteiger charge is 2.61. The van der Waals surface area contributed by atoms with Gasteiger partial charge >= 0.3 is 5.97 Å². The summed E-state index contributed by atoms with van der Waals surface area (Å²) in [5, 5.41) is 43.8. The molecule has 6 atom stereocenters. The number of aliphatic carboxylic acids is 2. The summed E-state index contributed by atoms with van der Waals surface area (Å²) in [5.41, 5.74) is 1.69. The molecular formula is C25H34O7. The molecule has 0 heterocycles. The summed E-state index contributed by atoms with van der Waals surface area (Å²) in [6.07, 6.45) is 10.5. The van der Waals surface area contributed by atoms with E-state index in [9.17, 15) is 15.0 Å². The largest absolute Gasteiger partial charge is 0.508 e. The van der Waals surface area contributed by atoms with Crippen molar-refractivity contribution < 1.29 is 35.1 Å². The Labute approximate surface area is 189 Å². The molecule has 5 N–H and O–H groups in total. The van der Waals surface area contributed by atoms with E-state index < -0.39 is 23.6 Å². The molecule has 0 aliphatic heterocycles. The molecule has 3 aliphatic carbocycles. The quantitative estimate of drug-likeness (QED) is 0.418. The Bertz CT molecular complexity index is 883. The second-order valence-corrected chi connectivity index (χ2v) is 9.33. The summed E-state index contributed by atoms with van der Waals surface area (Å²) in [7, 11) is 0. The minimum absolute atomic E-state index is 0.128. The second kappa shape index (κ2) is 9.93. The number of hydrogen-bond acceptors (Lipinski definition) is 5. The standard InChI is InChI=1S/C20H24O2.C3H6O3.C2H4O2/c1-3-20(22)11-9-18-17-6-4-13-12-14(21)5-7-15(13)16(17)8-10-19(18,20)2;1-2(4)3(5)6;1-2(3)4/h1,5,7,12,16-18,21-22H,4,6,8-11H2,2H3;2,4H,1H3,(H,5,6);1H3,(H,3,4)/t16-,17-,18+,19+,20+;;/m1../s1. The van der Waals surface area contributed by atoms with Crippen molar-refractivity contribution in [1.82, 2.24) is 0 Å². The van der Waals surface area contributed by atoms with E-state index in [1.807, 2.05) is 12.1 Å². The van der Waals surface area contributed by atoms with Crippen molar-refractivity contribution in [3.8, 4) is 18.1 Å². The molecule has 1 aromatic carbocycles. The van der Waals surface area contributed by atoms with Gasteiger partial charge in [0.05, 0.1) is 0 Å². The van der Waals surface area contributed by atoms with Crippen LogP contribution in [0, 0.1) is 29.6 Å². The summed E-state index contributed by atoms with van der Waals surface area (Å²) in [6, 6.07) is 5.87. The van der Waals surface area contributed by atoms with Gasteiger partial charge in [0, 0.05) is 12.3 Å². The Morgan fingerprint density at radius 3 is 2.31 bits per heavy atom. The number of phenolic OH excluding ortho intramolecular Hbond substituents is 1. The number of phenols is 1. The van der Waals surface area contributed by atoms with Gasteiger partial charge < -0.3 is 25.5 Å². The van der Waals surface area contributed by atoms with Crippen molar-refractivity contribution in [2.45, 2.75) is 76.9 Å². The number of aryl methyl sites for hydroxylation is 1. The molecule has 4 rings (SSSR count). The number of aliphatic hydroxyl groups is 2. The second-order valence-electron chi connectivity index (χ2n) is 9.33. The molecule has 2 saturated carbocycles. The van der Waals surface area contributed by atoms with Crippen LogP contribution in [0.1, 0.15) is 69.9 Å². The van der Waals surface area contributed by atoms with Gasteiger partial charge in [-0.3, -0.25) is 4.79 Å². The molecule has 0 radical (unpaired) electrons. The number of fused-ring (bicyclic) bond motifs is 5. The zero-order valence-corrected chi connectivity index (χ0v) is 18.9. The molecule has 0 spiro atoms. The smallest absolute Gasteiger partial charge is 0.332 e. The molecule has 1 aromatic rings. The van der Waals surface area contributed by atoms with E-state index in [1.165, 1.54) is 18.1 Å². The number of hydrogen-bond donors (Lipinski definition) is 5. The van der Waals surface area contributed by atoms with E-state index in [4.69, 9.17) is 26.5 Å². The molecule has 1 unspecified atom stereocenters. The molecule has 2 fully saturated rings. The normalized spacial score (nSPS) is 32.8. The fraction of sp³-hybridized carbons (Fsp3) is 0.600. The summed E-state index contributed by atoms with van der Waals surface area (Å²) >= 11 is 0. The van der Waals surface area contributed by atoms with Gasteiger partial charge in [0.15, 0.2) is 0 Å². The molecule has 3 aliphatic rings. The topological polar surface area (TPSA) is 135 Å². The number of aliphatic hydroxyl groups excluding tert-OH is 1. The summed E-state index contributed by atoms with van der Waals surface area (Å²) in [6.45, 7) is 4.50. The summed E-state index contributed by atoms with van der Waals surface area (Å²) in [5.74, 6) is 2.80. The monoisotopic (exact) mass is 446 g/mol. The number of carboxylic acids is 2. The number of benzene rings is 1. The van der Waals surface area contributed by atoms with Gasteiger partial charge in [0.1, 0.15) is 17.5 Å². The lowest BCUT2D eigenvalue weighted by Crippen LogP contribution is -2.50. The lowest BCUT2D eigenvalue weighted by Gasteiger charge is -2.52. The number of terminal acetylenes is 1. The Morgan fingerprint density at radius 2 is 1.78 bits per heavy atom. The van der Waals surface area contributed by atoms with Crippen molar-refractivity contribution in [3.05, 3.63) is 29.3 Å². The van der Waals surface area contributed by atoms with Crippen LogP contribution in [-0.4, -0.2) is 49.2 Å². The van der Waals surface area contributed by atoms with Crippen molar-refractivity contribution >= 4 is 11.9 Å². The van der Waals surface area contributed by atoms with Crippen molar-refractivity contribution in [2.24, 2.45) is 17.3 Å². The van der Waals surface area contributed by atoms with Crippen LogP contribution in [0.25, 0.3) is 0 Å². The maximum Gasteiger partial charge on any atom is 0.332 e. The molecule has 176 valence electrons. The molecule has 0 amide bonds. The van der Waals surface area contributed by atoms with Crippen LogP contribution in [0.5, 0.6) is 5.75 Å². The van der Waals surface area contributed by atoms with Crippen molar-refractivity contribution in [2.75, 3.05) is 0 Å². The van der Waals surface area contributed by atoms with E-state index in [2.05, 4.69) is 18.9 Å². The molecule has 0 saturated heterocycles. The van der Waals surface area contributed by atoms with Gasteiger partial charge in [0.25, 0.3) is 5.97 Å². The van der Waals surface area contributed by atoms with Crippen LogP contribution in [-0.2, 0) is 16.0 Å².